The Morgan fingerprint density at radius 3 is 2.19 bits per heavy atom. The van der Waals surface area contributed by atoms with Gasteiger partial charge in [0.1, 0.15) is 17.4 Å². The molecule has 1 aromatic carbocycles. The summed E-state index contributed by atoms with van der Waals surface area (Å²) in [6, 6.07) is 3.78. The number of nitrogen functional groups attached to an aromatic ring is 1. The maximum atomic E-state index is 6.17. The van der Waals surface area contributed by atoms with Crippen molar-refractivity contribution in [2.45, 2.75) is 40.5 Å². The van der Waals surface area contributed by atoms with Gasteiger partial charge in [0.25, 0.3) is 0 Å². The number of nitrogens with zero attached hydrogens (tertiary/aromatic N) is 2. The van der Waals surface area contributed by atoms with Crippen LogP contribution in [0.25, 0.3) is 0 Å². The molecule has 4 nitrogen and oxygen atoms in total. The van der Waals surface area contributed by atoms with Crippen molar-refractivity contribution in [2.75, 3.05) is 5.73 Å². The second-order valence-corrected chi connectivity index (χ2v) is 5.90. The summed E-state index contributed by atoms with van der Waals surface area (Å²) in [5.74, 6) is 2.50. The first-order valence-corrected chi connectivity index (χ1v) is 7.26. The number of anilines is 1. The Labute approximate surface area is 130 Å². The molecule has 1 aromatic heterocycles. The number of aryl methyl sites for hydroxylation is 2. The number of hydrogen-bond acceptors (Lipinski definition) is 4. The Morgan fingerprint density at radius 2 is 1.67 bits per heavy atom. The van der Waals surface area contributed by atoms with E-state index in [4.69, 9.17) is 22.1 Å². The molecule has 1 heterocycles. The molecule has 0 aliphatic carbocycles. The number of aromatic nitrogens is 2. The summed E-state index contributed by atoms with van der Waals surface area (Å²) in [4.78, 5) is 8.75. The van der Waals surface area contributed by atoms with Gasteiger partial charge in [-0.2, -0.15) is 4.98 Å². The Kier molecular flexibility index (Phi) is 4.37. The number of benzene rings is 1. The minimum atomic E-state index is 0.184. The molecule has 0 amide bonds. The molecule has 2 aromatic rings. The van der Waals surface area contributed by atoms with Crippen LogP contribution in [0, 0.1) is 20.8 Å². The van der Waals surface area contributed by atoms with E-state index < -0.39 is 0 Å². The Hall–Kier alpha value is -1.81. The summed E-state index contributed by atoms with van der Waals surface area (Å²) in [5.41, 5.74) is 8.62. The van der Waals surface area contributed by atoms with E-state index in [1.54, 1.807) is 0 Å². The highest BCUT2D eigenvalue weighted by molar-refractivity contribution is 6.32. The highest BCUT2D eigenvalue weighted by Gasteiger charge is 2.14. The van der Waals surface area contributed by atoms with Crippen molar-refractivity contribution in [3.63, 3.8) is 0 Å². The minimum absolute atomic E-state index is 0.184. The summed E-state index contributed by atoms with van der Waals surface area (Å²) >= 11 is 6.17. The Bertz CT molecular complexity index is 660. The second kappa shape index (κ2) is 5.90. The fraction of sp³-hybridized carbons (Fsp3) is 0.375. The van der Waals surface area contributed by atoms with Gasteiger partial charge in [-0.1, -0.05) is 25.4 Å². The van der Waals surface area contributed by atoms with Crippen LogP contribution in [0.3, 0.4) is 0 Å². The van der Waals surface area contributed by atoms with Crippen LogP contribution in [0.5, 0.6) is 11.6 Å². The van der Waals surface area contributed by atoms with Crippen LogP contribution in [-0.4, -0.2) is 9.97 Å². The van der Waals surface area contributed by atoms with Crippen molar-refractivity contribution >= 4 is 17.4 Å². The van der Waals surface area contributed by atoms with Gasteiger partial charge in [0.2, 0.25) is 5.88 Å². The molecule has 0 aliphatic rings. The van der Waals surface area contributed by atoms with Gasteiger partial charge < -0.3 is 10.5 Å². The number of rotatable bonds is 3. The van der Waals surface area contributed by atoms with Crippen molar-refractivity contribution in [1.29, 1.82) is 0 Å². The Balaban J connectivity index is 2.44. The van der Waals surface area contributed by atoms with Crippen LogP contribution in [0.4, 0.5) is 5.82 Å². The molecule has 5 heteroatoms. The molecule has 0 radical (unpaired) electrons. The zero-order chi connectivity index (χ0) is 15.7. The van der Waals surface area contributed by atoms with Crippen molar-refractivity contribution in [3.8, 4) is 11.6 Å². The van der Waals surface area contributed by atoms with Gasteiger partial charge in [0, 0.05) is 10.9 Å². The molecular weight excluding hydrogens is 286 g/mol. The summed E-state index contributed by atoms with van der Waals surface area (Å²) < 4.78 is 5.91. The van der Waals surface area contributed by atoms with Gasteiger partial charge in [0.15, 0.2) is 0 Å². The van der Waals surface area contributed by atoms with Crippen LogP contribution in [0.15, 0.2) is 12.1 Å². The van der Waals surface area contributed by atoms with Gasteiger partial charge >= 0.3 is 0 Å². The smallest absolute Gasteiger partial charge is 0.227 e. The average molecular weight is 306 g/mol. The van der Waals surface area contributed by atoms with Crippen molar-refractivity contribution in [2.24, 2.45) is 0 Å². The number of hydrogen-bond donors (Lipinski definition) is 1. The predicted molar refractivity (Wildman–Crippen MR) is 86.3 cm³/mol. The third-order valence-electron chi connectivity index (χ3n) is 3.30. The van der Waals surface area contributed by atoms with E-state index in [0.29, 0.717) is 23.3 Å². The van der Waals surface area contributed by atoms with Gasteiger partial charge in [-0.05, 0) is 44.0 Å². The quantitative estimate of drug-likeness (QED) is 0.903. The van der Waals surface area contributed by atoms with Gasteiger partial charge in [-0.3, -0.25) is 0 Å². The monoisotopic (exact) mass is 305 g/mol. The lowest BCUT2D eigenvalue weighted by atomic mass is 10.1. The lowest BCUT2D eigenvalue weighted by Gasteiger charge is -2.14. The van der Waals surface area contributed by atoms with Crippen molar-refractivity contribution in [3.05, 3.63) is 39.7 Å². The van der Waals surface area contributed by atoms with Gasteiger partial charge in [0.05, 0.1) is 5.56 Å². The van der Waals surface area contributed by atoms with E-state index in [0.717, 1.165) is 21.7 Å². The fourth-order valence-corrected chi connectivity index (χ4v) is 2.07. The molecule has 0 spiro atoms. The lowest BCUT2D eigenvalue weighted by molar-refractivity contribution is 0.452. The lowest BCUT2D eigenvalue weighted by Crippen LogP contribution is -2.06. The maximum Gasteiger partial charge on any atom is 0.227 e. The van der Waals surface area contributed by atoms with Crippen molar-refractivity contribution in [1.82, 2.24) is 9.97 Å². The van der Waals surface area contributed by atoms with Crippen LogP contribution >= 0.6 is 11.6 Å². The first kappa shape index (κ1) is 15.6. The number of halogens is 1. The van der Waals surface area contributed by atoms with Gasteiger partial charge in [-0.15, -0.1) is 0 Å². The van der Waals surface area contributed by atoms with E-state index >= 15 is 0 Å². The molecule has 0 saturated carbocycles. The van der Waals surface area contributed by atoms with Crippen LogP contribution in [-0.2, 0) is 0 Å². The fourth-order valence-electron chi connectivity index (χ4n) is 1.96. The van der Waals surface area contributed by atoms with E-state index in [2.05, 4.69) is 9.97 Å². The van der Waals surface area contributed by atoms with Crippen LogP contribution in [0.2, 0.25) is 5.02 Å². The van der Waals surface area contributed by atoms with E-state index in [1.165, 1.54) is 0 Å². The second-order valence-electron chi connectivity index (χ2n) is 5.53. The standard InChI is InChI=1S/C16H20ClN3O/c1-8(2)15-19-14(18)11(5)16(20-15)21-12-6-9(3)13(17)10(4)7-12/h6-8H,1-5H3,(H2,18,19,20). The summed E-state index contributed by atoms with van der Waals surface area (Å²) in [5, 5.41) is 0.754. The van der Waals surface area contributed by atoms with E-state index in [-0.39, 0.29) is 5.92 Å². The first-order chi connectivity index (χ1) is 9.79. The molecule has 2 rings (SSSR count). The topological polar surface area (TPSA) is 61.0 Å². The minimum Gasteiger partial charge on any atom is -0.439 e. The van der Waals surface area contributed by atoms with Crippen LogP contribution in [0.1, 0.15) is 42.3 Å². The molecule has 112 valence electrons. The maximum absolute atomic E-state index is 6.17. The Morgan fingerprint density at radius 1 is 1.10 bits per heavy atom. The molecule has 0 bridgehead atoms. The third-order valence-corrected chi connectivity index (χ3v) is 3.89. The zero-order valence-electron chi connectivity index (χ0n) is 13.0. The van der Waals surface area contributed by atoms with Crippen LogP contribution < -0.4 is 10.5 Å². The summed E-state index contributed by atoms with van der Waals surface area (Å²) in [6.07, 6.45) is 0. The van der Waals surface area contributed by atoms with E-state index in [9.17, 15) is 0 Å². The summed E-state index contributed by atoms with van der Waals surface area (Å²) in [6.45, 7) is 9.78. The molecule has 0 saturated heterocycles. The molecule has 0 aliphatic heterocycles. The average Bonchev–Trinajstić information content (AvgIpc) is 2.40. The molecular formula is C16H20ClN3O. The SMILES string of the molecule is Cc1cc(Oc2nc(C(C)C)nc(N)c2C)cc(C)c1Cl. The highest BCUT2D eigenvalue weighted by atomic mass is 35.5. The largest absolute Gasteiger partial charge is 0.439 e. The number of nitrogens with two attached hydrogens (primary N) is 1. The molecule has 0 atom stereocenters. The number of ether oxygens (including phenoxy) is 1. The molecule has 0 unspecified atom stereocenters. The van der Waals surface area contributed by atoms with Crippen molar-refractivity contribution < 1.29 is 4.74 Å². The molecule has 2 N–H and O–H groups in total. The van der Waals surface area contributed by atoms with Gasteiger partial charge in [-0.25, -0.2) is 4.98 Å². The summed E-state index contributed by atoms with van der Waals surface area (Å²) in [7, 11) is 0. The highest BCUT2D eigenvalue weighted by Crippen LogP contribution is 2.31. The first-order valence-electron chi connectivity index (χ1n) is 6.88. The molecule has 0 fully saturated rings. The predicted octanol–water partition coefficient (Wildman–Crippen LogP) is 4.55. The third kappa shape index (κ3) is 3.27. The van der Waals surface area contributed by atoms with E-state index in [1.807, 2.05) is 46.8 Å². The zero-order valence-corrected chi connectivity index (χ0v) is 13.7. The molecule has 21 heavy (non-hydrogen) atoms. The normalized spacial score (nSPS) is 11.0.